The maximum absolute atomic E-state index is 12.2. The van der Waals surface area contributed by atoms with Crippen LogP contribution >= 0.6 is 11.6 Å². The SMILES string of the molecule is CC(NC(=O)c1cccc(Cl)c1N)c1ccc(C#N)cc1. The van der Waals surface area contributed by atoms with Gasteiger partial charge in [-0.15, -0.1) is 0 Å². The van der Waals surface area contributed by atoms with Crippen molar-refractivity contribution >= 4 is 23.2 Å². The number of nitriles is 1. The quantitative estimate of drug-likeness (QED) is 0.854. The molecular weight excluding hydrogens is 286 g/mol. The van der Waals surface area contributed by atoms with E-state index in [1.165, 1.54) is 0 Å². The van der Waals surface area contributed by atoms with Gasteiger partial charge in [-0.2, -0.15) is 5.26 Å². The Bertz CT molecular complexity index is 704. The molecule has 0 spiro atoms. The van der Waals surface area contributed by atoms with E-state index in [-0.39, 0.29) is 17.6 Å². The van der Waals surface area contributed by atoms with Crippen molar-refractivity contribution in [3.8, 4) is 6.07 Å². The second-order valence-corrected chi connectivity index (χ2v) is 5.04. The largest absolute Gasteiger partial charge is 0.397 e. The van der Waals surface area contributed by atoms with E-state index in [0.29, 0.717) is 16.1 Å². The summed E-state index contributed by atoms with van der Waals surface area (Å²) in [5.41, 5.74) is 7.91. The van der Waals surface area contributed by atoms with Gasteiger partial charge < -0.3 is 11.1 Å². The number of halogens is 1. The highest BCUT2D eigenvalue weighted by molar-refractivity contribution is 6.33. The zero-order valence-corrected chi connectivity index (χ0v) is 12.2. The number of carbonyl (C=O) groups excluding carboxylic acids is 1. The van der Waals surface area contributed by atoms with Crippen molar-refractivity contribution in [3.63, 3.8) is 0 Å². The van der Waals surface area contributed by atoms with Crippen LogP contribution in [0.15, 0.2) is 42.5 Å². The van der Waals surface area contributed by atoms with E-state index in [1.807, 2.05) is 19.1 Å². The smallest absolute Gasteiger partial charge is 0.253 e. The summed E-state index contributed by atoms with van der Waals surface area (Å²) in [4.78, 5) is 12.2. The third-order valence-corrected chi connectivity index (χ3v) is 3.51. The van der Waals surface area contributed by atoms with Crippen LogP contribution in [0.5, 0.6) is 0 Å². The van der Waals surface area contributed by atoms with Crippen LogP contribution in [0.1, 0.15) is 34.5 Å². The molecular formula is C16H14ClN3O. The van der Waals surface area contributed by atoms with Gasteiger partial charge in [-0.25, -0.2) is 0 Å². The fourth-order valence-corrected chi connectivity index (χ4v) is 2.11. The number of hydrogen-bond donors (Lipinski definition) is 2. The molecule has 0 aliphatic carbocycles. The van der Waals surface area contributed by atoms with Crippen LogP contribution in [-0.4, -0.2) is 5.91 Å². The number of hydrogen-bond acceptors (Lipinski definition) is 3. The van der Waals surface area contributed by atoms with E-state index in [9.17, 15) is 4.79 Å². The van der Waals surface area contributed by atoms with Gasteiger partial charge in [0.25, 0.3) is 5.91 Å². The molecule has 0 radical (unpaired) electrons. The highest BCUT2D eigenvalue weighted by atomic mass is 35.5. The van der Waals surface area contributed by atoms with Crippen LogP contribution in [-0.2, 0) is 0 Å². The Balaban J connectivity index is 2.15. The molecule has 106 valence electrons. The highest BCUT2D eigenvalue weighted by Gasteiger charge is 2.15. The molecule has 3 N–H and O–H groups in total. The summed E-state index contributed by atoms with van der Waals surface area (Å²) in [5.74, 6) is -0.285. The lowest BCUT2D eigenvalue weighted by molar-refractivity contribution is 0.0941. The molecule has 4 nitrogen and oxygen atoms in total. The lowest BCUT2D eigenvalue weighted by atomic mass is 10.1. The summed E-state index contributed by atoms with van der Waals surface area (Å²) >= 11 is 5.91. The average Bonchev–Trinajstić information content (AvgIpc) is 2.50. The van der Waals surface area contributed by atoms with E-state index in [4.69, 9.17) is 22.6 Å². The Morgan fingerprint density at radius 3 is 2.57 bits per heavy atom. The number of anilines is 1. The molecule has 1 atom stereocenters. The molecule has 0 heterocycles. The van der Waals surface area contributed by atoms with Gasteiger partial charge in [0.1, 0.15) is 0 Å². The summed E-state index contributed by atoms with van der Waals surface area (Å²) < 4.78 is 0. The minimum Gasteiger partial charge on any atom is -0.397 e. The van der Waals surface area contributed by atoms with Gasteiger partial charge in [0.2, 0.25) is 0 Å². The van der Waals surface area contributed by atoms with E-state index in [0.717, 1.165) is 5.56 Å². The monoisotopic (exact) mass is 299 g/mol. The number of para-hydroxylation sites is 1. The predicted octanol–water partition coefficient (Wildman–Crippen LogP) is 3.28. The average molecular weight is 300 g/mol. The Kier molecular flexibility index (Phi) is 4.46. The zero-order valence-electron chi connectivity index (χ0n) is 11.4. The zero-order chi connectivity index (χ0) is 15.4. The van der Waals surface area contributed by atoms with E-state index >= 15 is 0 Å². The number of nitrogens with one attached hydrogen (secondary N) is 1. The van der Waals surface area contributed by atoms with E-state index < -0.39 is 0 Å². The van der Waals surface area contributed by atoms with Gasteiger partial charge in [0, 0.05) is 0 Å². The molecule has 2 aromatic carbocycles. The number of carbonyl (C=O) groups is 1. The van der Waals surface area contributed by atoms with Crippen molar-refractivity contribution in [3.05, 3.63) is 64.2 Å². The van der Waals surface area contributed by atoms with Crippen LogP contribution in [0.2, 0.25) is 5.02 Å². The number of nitrogens with zero attached hydrogens (tertiary/aromatic N) is 1. The third kappa shape index (κ3) is 3.33. The number of amides is 1. The second-order valence-electron chi connectivity index (χ2n) is 4.63. The molecule has 0 aromatic heterocycles. The van der Waals surface area contributed by atoms with Gasteiger partial charge in [0.15, 0.2) is 0 Å². The van der Waals surface area contributed by atoms with Gasteiger partial charge in [0.05, 0.1) is 33.9 Å². The van der Waals surface area contributed by atoms with Crippen LogP contribution in [0.4, 0.5) is 5.69 Å². The first kappa shape index (κ1) is 14.9. The first-order valence-electron chi connectivity index (χ1n) is 6.38. The molecule has 1 amide bonds. The normalized spacial score (nSPS) is 11.5. The number of benzene rings is 2. The molecule has 21 heavy (non-hydrogen) atoms. The molecule has 0 saturated heterocycles. The fourth-order valence-electron chi connectivity index (χ4n) is 1.94. The van der Waals surface area contributed by atoms with E-state index in [1.54, 1.807) is 30.3 Å². The summed E-state index contributed by atoms with van der Waals surface area (Å²) in [5, 5.41) is 12.0. The number of nitrogen functional groups attached to an aromatic ring is 1. The van der Waals surface area contributed by atoms with Crippen molar-refractivity contribution in [1.29, 1.82) is 5.26 Å². The maximum Gasteiger partial charge on any atom is 0.253 e. The fraction of sp³-hybridized carbons (Fsp3) is 0.125. The number of nitrogens with two attached hydrogens (primary N) is 1. The third-order valence-electron chi connectivity index (χ3n) is 3.18. The van der Waals surface area contributed by atoms with E-state index in [2.05, 4.69) is 11.4 Å². The Labute approximate surface area is 128 Å². The lowest BCUT2D eigenvalue weighted by Crippen LogP contribution is -2.27. The van der Waals surface area contributed by atoms with Crippen molar-refractivity contribution in [2.45, 2.75) is 13.0 Å². The minimum absolute atomic E-state index is 0.205. The van der Waals surface area contributed by atoms with Gasteiger partial charge >= 0.3 is 0 Å². The maximum atomic E-state index is 12.2. The van der Waals surface area contributed by atoms with Gasteiger partial charge in [-0.1, -0.05) is 29.8 Å². The molecule has 1 unspecified atom stereocenters. The molecule has 5 heteroatoms. The van der Waals surface area contributed by atoms with Crippen LogP contribution in [0, 0.1) is 11.3 Å². The predicted molar refractivity (Wildman–Crippen MR) is 82.9 cm³/mol. The minimum atomic E-state index is -0.285. The van der Waals surface area contributed by atoms with Crippen molar-refractivity contribution in [2.75, 3.05) is 5.73 Å². The summed E-state index contributed by atoms with van der Waals surface area (Å²) in [6.45, 7) is 1.86. The first-order chi connectivity index (χ1) is 10.0. The molecule has 0 saturated carbocycles. The summed E-state index contributed by atoms with van der Waals surface area (Å²) in [7, 11) is 0. The molecule has 0 bridgehead atoms. The van der Waals surface area contributed by atoms with Gasteiger partial charge in [-0.05, 0) is 36.8 Å². The van der Waals surface area contributed by atoms with Crippen LogP contribution < -0.4 is 11.1 Å². The van der Waals surface area contributed by atoms with Crippen molar-refractivity contribution in [2.24, 2.45) is 0 Å². The van der Waals surface area contributed by atoms with Gasteiger partial charge in [-0.3, -0.25) is 4.79 Å². The Hall–Kier alpha value is -2.51. The van der Waals surface area contributed by atoms with Crippen LogP contribution in [0.3, 0.4) is 0 Å². The summed E-state index contributed by atoms with van der Waals surface area (Å²) in [6.07, 6.45) is 0. The lowest BCUT2D eigenvalue weighted by Gasteiger charge is -2.15. The molecule has 0 fully saturated rings. The molecule has 2 rings (SSSR count). The van der Waals surface area contributed by atoms with Crippen LogP contribution in [0.25, 0.3) is 0 Å². The standard InChI is InChI=1S/C16H14ClN3O/c1-10(12-7-5-11(9-18)6-8-12)20-16(21)13-3-2-4-14(17)15(13)19/h2-8,10H,19H2,1H3,(H,20,21). The second kappa shape index (κ2) is 6.29. The Morgan fingerprint density at radius 1 is 1.29 bits per heavy atom. The topological polar surface area (TPSA) is 78.9 Å². The van der Waals surface area contributed by atoms with Crippen molar-refractivity contribution < 1.29 is 4.79 Å². The summed E-state index contributed by atoms with van der Waals surface area (Å²) in [6, 6.07) is 13.8. The Morgan fingerprint density at radius 2 is 1.95 bits per heavy atom. The molecule has 0 aliphatic rings. The molecule has 2 aromatic rings. The first-order valence-corrected chi connectivity index (χ1v) is 6.75. The van der Waals surface area contributed by atoms with Crippen molar-refractivity contribution in [1.82, 2.24) is 5.32 Å². The number of rotatable bonds is 3. The highest BCUT2D eigenvalue weighted by Crippen LogP contribution is 2.23. The molecule has 0 aliphatic heterocycles.